The highest BCUT2D eigenvalue weighted by Gasteiger charge is 2.06. The predicted molar refractivity (Wildman–Crippen MR) is 89.5 cm³/mol. The van der Waals surface area contributed by atoms with Crippen LogP contribution in [-0.2, 0) is 4.79 Å². The van der Waals surface area contributed by atoms with E-state index >= 15 is 0 Å². The van der Waals surface area contributed by atoms with Crippen molar-refractivity contribution in [2.75, 3.05) is 0 Å². The number of aliphatic carboxylic acids is 1. The van der Waals surface area contributed by atoms with E-state index in [9.17, 15) is 4.79 Å². The van der Waals surface area contributed by atoms with Gasteiger partial charge in [0.05, 0.1) is 0 Å². The predicted octanol–water partition coefficient (Wildman–Crippen LogP) is 6.11. The Balaban J connectivity index is 2.48. The highest BCUT2D eigenvalue weighted by atomic mass is 16.4. The maximum absolute atomic E-state index is 10.8. The molecule has 2 nitrogen and oxygen atoms in total. The summed E-state index contributed by atoms with van der Waals surface area (Å²) in [6, 6.07) is 0. The van der Waals surface area contributed by atoms with E-state index in [0.717, 1.165) is 12.8 Å². The fraction of sp³-hybridized carbons (Fsp3) is 0.842. The lowest BCUT2D eigenvalue weighted by atomic mass is 9.95. The second-order valence-electron chi connectivity index (χ2n) is 6.77. The zero-order chi connectivity index (χ0) is 15.3. The van der Waals surface area contributed by atoms with Crippen LogP contribution in [-0.4, -0.2) is 11.1 Å². The normalized spacial score (nSPS) is 26.1. The van der Waals surface area contributed by atoms with E-state index in [0.29, 0.717) is 12.3 Å². The molecular formula is C19H34O2. The van der Waals surface area contributed by atoms with Crippen molar-refractivity contribution in [3.63, 3.8) is 0 Å². The molecule has 0 heterocycles. The Morgan fingerprint density at radius 2 is 1.52 bits per heavy atom. The molecule has 1 N–H and O–H groups in total. The maximum atomic E-state index is 10.8. The van der Waals surface area contributed by atoms with Crippen LogP contribution < -0.4 is 0 Å². The number of carboxylic acids is 1. The fourth-order valence-electron chi connectivity index (χ4n) is 3.28. The lowest BCUT2D eigenvalue weighted by molar-refractivity contribution is -0.136. The first-order valence-corrected chi connectivity index (χ1v) is 9.10. The van der Waals surface area contributed by atoms with Gasteiger partial charge in [-0.25, -0.2) is 0 Å². The van der Waals surface area contributed by atoms with Crippen LogP contribution >= 0.6 is 0 Å². The van der Waals surface area contributed by atoms with Gasteiger partial charge < -0.3 is 5.11 Å². The molecule has 21 heavy (non-hydrogen) atoms. The van der Waals surface area contributed by atoms with Crippen LogP contribution in [0.1, 0.15) is 96.8 Å². The van der Waals surface area contributed by atoms with Crippen LogP contribution in [0.3, 0.4) is 0 Å². The van der Waals surface area contributed by atoms with Crippen molar-refractivity contribution in [1.29, 1.82) is 0 Å². The zero-order valence-corrected chi connectivity index (χ0v) is 13.9. The van der Waals surface area contributed by atoms with Crippen LogP contribution in [0.2, 0.25) is 0 Å². The molecule has 0 aromatic carbocycles. The summed E-state index contributed by atoms with van der Waals surface area (Å²) in [7, 11) is 0. The van der Waals surface area contributed by atoms with E-state index in [1.165, 1.54) is 76.2 Å². The second-order valence-corrected chi connectivity index (χ2v) is 6.77. The molecule has 0 unspecified atom stereocenters. The topological polar surface area (TPSA) is 37.3 Å². The van der Waals surface area contributed by atoms with Crippen LogP contribution in [0.25, 0.3) is 0 Å². The van der Waals surface area contributed by atoms with Crippen molar-refractivity contribution in [3.05, 3.63) is 11.6 Å². The molecule has 0 aromatic rings. The van der Waals surface area contributed by atoms with Crippen LogP contribution in [0, 0.1) is 5.92 Å². The van der Waals surface area contributed by atoms with Crippen molar-refractivity contribution >= 4 is 5.97 Å². The van der Waals surface area contributed by atoms with E-state index in [2.05, 4.69) is 13.0 Å². The average molecular weight is 294 g/mol. The third-order valence-electron chi connectivity index (χ3n) is 4.59. The Kier molecular flexibility index (Phi) is 10.3. The quantitative estimate of drug-likeness (QED) is 0.638. The van der Waals surface area contributed by atoms with Gasteiger partial charge in [-0.1, -0.05) is 76.4 Å². The van der Waals surface area contributed by atoms with Crippen molar-refractivity contribution < 1.29 is 9.90 Å². The van der Waals surface area contributed by atoms with Gasteiger partial charge in [0.25, 0.3) is 0 Å². The number of rotatable bonds is 3. The number of carbonyl (C=O) groups is 1. The Labute approximate surface area is 131 Å². The monoisotopic (exact) mass is 294 g/mol. The van der Waals surface area contributed by atoms with Gasteiger partial charge in [-0.3, -0.25) is 4.79 Å². The Morgan fingerprint density at radius 3 is 2.10 bits per heavy atom. The SMILES string of the molecule is C[C@H]1/C=C(\CCC(=O)O)CCCCCCCCCCCC1. The molecule has 122 valence electrons. The van der Waals surface area contributed by atoms with Gasteiger partial charge >= 0.3 is 5.97 Å². The Bertz CT molecular complexity index is 307. The molecule has 0 spiro atoms. The third kappa shape index (κ3) is 10.6. The lowest BCUT2D eigenvalue weighted by Crippen LogP contribution is -1.99. The van der Waals surface area contributed by atoms with E-state index in [1.807, 2.05) is 0 Å². The van der Waals surface area contributed by atoms with Crippen LogP contribution in [0.4, 0.5) is 0 Å². The largest absolute Gasteiger partial charge is 0.481 e. The number of hydrogen-bond acceptors (Lipinski definition) is 1. The smallest absolute Gasteiger partial charge is 0.303 e. The highest BCUT2D eigenvalue weighted by Crippen LogP contribution is 2.22. The summed E-state index contributed by atoms with van der Waals surface area (Å²) >= 11 is 0. The summed E-state index contributed by atoms with van der Waals surface area (Å²) in [5.41, 5.74) is 1.39. The molecular weight excluding hydrogens is 260 g/mol. The molecule has 2 heteroatoms. The minimum atomic E-state index is -0.667. The Hall–Kier alpha value is -0.790. The molecule has 1 aliphatic carbocycles. The summed E-state index contributed by atoms with van der Waals surface area (Å²) in [6.07, 6.45) is 19.4. The zero-order valence-electron chi connectivity index (χ0n) is 13.9. The standard InChI is InChI=1S/C19H34O2/c1-17-12-10-8-6-4-2-3-5-7-9-11-13-18(16-17)14-15-19(20)21/h16-17H,2-15H2,1H3,(H,20,21)/b18-16-/t17-/m1/s1. The molecule has 1 aliphatic rings. The van der Waals surface area contributed by atoms with Crippen molar-refractivity contribution in [1.82, 2.24) is 0 Å². The number of carboxylic acid groups (broad SMARTS) is 1. The van der Waals surface area contributed by atoms with Crippen LogP contribution in [0.5, 0.6) is 0 Å². The molecule has 0 saturated carbocycles. The minimum Gasteiger partial charge on any atom is -0.481 e. The molecule has 1 rings (SSSR count). The number of hydrogen-bond donors (Lipinski definition) is 1. The summed E-state index contributed by atoms with van der Waals surface area (Å²) < 4.78 is 0. The first-order valence-electron chi connectivity index (χ1n) is 9.10. The number of allylic oxidation sites excluding steroid dienone is 2. The molecule has 0 aromatic heterocycles. The average Bonchev–Trinajstić information content (AvgIpc) is 2.45. The third-order valence-corrected chi connectivity index (χ3v) is 4.59. The maximum Gasteiger partial charge on any atom is 0.303 e. The van der Waals surface area contributed by atoms with Gasteiger partial charge in [0.1, 0.15) is 0 Å². The molecule has 0 saturated heterocycles. The Morgan fingerprint density at radius 1 is 1.00 bits per heavy atom. The van der Waals surface area contributed by atoms with Gasteiger partial charge in [-0.15, -0.1) is 0 Å². The van der Waals surface area contributed by atoms with E-state index in [1.54, 1.807) is 0 Å². The van der Waals surface area contributed by atoms with Gasteiger partial charge in [0.15, 0.2) is 0 Å². The van der Waals surface area contributed by atoms with E-state index in [-0.39, 0.29) is 0 Å². The van der Waals surface area contributed by atoms with Crippen LogP contribution in [0.15, 0.2) is 11.6 Å². The molecule has 0 bridgehead atoms. The molecule has 0 amide bonds. The molecule has 1 atom stereocenters. The van der Waals surface area contributed by atoms with Gasteiger partial charge in [0, 0.05) is 6.42 Å². The fourth-order valence-corrected chi connectivity index (χ4v) is 3.28. The van der Waals surface area contributed by atoms with Crippen molar-refractivity contribution in [2.45, 2.75) is 96.8 Å². The summed E-state index contributed by atoms with van der Waals surface area (Å²) in [6.45, 7) is 2.29. The first kappa shape index (κ1) is 18.3. The molecule has 0 radical (unpaired) electrons. The van der Waals surface area contributed by atoms with E-state index in [4.69, 9.17) is 5.11 Å². The van der Waals surface area contributed by atoms with Crippen molar-refractivity contribution in [2.24, 2.45) is 5.92 Å². The van der Waals surface area contributed by atoms with Gasteiger partial charge in [-0.05, 0) is 31.6 Å². The molecule has 0 fully saturated rings. The first-order chi connectivity index (χ1) is 10.2. The summed E-state index contributed by atoms with van der Waals surface area (Å²) in [5, 5.41) is 8.89. The molecule has 0 aliphatic heterocycles. The van der Waals surface area contributed by atoms with Crippen molar-refractivity contribution in [3.8, 4) is 0 Å². The van der Waals surface area contributed by atoms with Gasteiger partial charge in [-0.2, -0.15) is 0 Å². The minimum absolute atomic E-state index is 0.290. The highest BCUT2D eigenvalue weighted by molar-refractivity contribution is 5.67. The van der Waals surface area contributed by atoms with Gasteiger partial charge in [0.2, 0.25) is 0 Å². The second kappa shape index (κ2) is 11.8. The lowest BCUT2D eigenvalue weighted by Gasteiger charge is -2.11. The summed E-state index contributed by atoms with van der Waals surface area (Å²) in [4.78, 5) is 10.8. The summed E-state index contributed by atoms with van der Waals surface area (Å²) in [5.74, 6) is -0.0571. The van der Waals surface area contributed by atoms with E-state index < -0.39 is 5.97 Å².